The van der Waals surface area contributed by atoms with Crippen molar-refractivity contribution < 1.29 is 19.0 Å². The number of pyridine rings is 1. The number of hydrogen-bond donors (Lipinski definition) is 1. The van der Waals surface area contributed by atoms with Gasteiger partial charge in [0.25, 0.3) is 0 Å². The maximum absolute atomic E-state index is 14.3. The Bertz CT molecular complexity index is 1810. The first-order valence-corrected chi connectivity index (χ1v) is 14.9. The molecule has 0 bridgehead atoms. The van der Waals surface area contributed by atoms with Crippen LogP contribution in [0.5, 0.6) is 5.88 Å². The summed E-state index contributed by atoms with van der Waals surface area (Å²) < 4.78 is 24.3. The Labute approximate surface area is 251 Å². The van der Waals surface area contributed by atoms with Crippen molar-refractivity contribution in [2.45, 2.75) is 51.9 Å². The van der Waals surface area contributed by atoms with Crippen LogP contribution < -0.4 is 4.74 Å². The van der Waals surface area contributed by atoms with Gasteiger partial charge >= 0.3 is 5.97 Å². The van der Waals surface area contributed by atoms with Crippen LogP contribution in [0.15, 0.2) is 55.0 Å². The van der Waals surface area contributed by atoms with E-state index in [1.807, 2.05) is 30.7 Å². The van der Waals surface area contributed by atoms with E-state index < -0.39 is 11.8 Å². The summed E-state index contributed by atoms with van der Waals surface area (Å²) in [5.74, 6) is 0.205. The molecule has 4 aromatic heterocycles. The summed E-state index contributed by atoms with van der Waals surface area (Å²) in [6.07, 6.45) is 5.49. The molecule has 1 aromatic carbocycles. The molecule has 1 N–H and O–H groups in total. The van der Waals surface area contributed by atoms with Crippen LogP contribution in [0.3, 0.4) is 0 Å². The number of rotatable bonds is 10. The quantitative estimate of drug-likeness (QED) is 0.226. The maximum atomic E-state index is 14.3. The van der Waals surface area contributed by atoms with Crippen molar-refractivity contribution in [2.75, 3.05) is 13.1 Å². The lowest BCUT2D eigenvalue weighted by atomic mass is 9.93. The summed E-state index contributed by atoms with van der Waals surface area (Å²) in [4.78, 5) is 28.9. The molecule has 43 heavy (non-hydrogen) atoms. The molecule has 0 unspecified atom stereocenters. The minimum atomic E-state index is -0.943. The van der Waals surface area contributed by atoms with Gasteiger partial charge in [-0.25, -0.2) is 24.1 Å². The zero-order valence-electron chi connectivity index (χ0n) is 23.6. The SMILES string of the molecule is CCn1cncc1Cn1c(CN2CCC(c3cccc(OCc4ccc(C#N)cc4F)n3)CC2)nc2sc(C(=O)O)cc21. The van der Waals surface area contributed by atoms with Gasteiger partial charge in [-0.3, -0.25) is 4.90 Å². The number of fused-ring (bicyclic) bond motifs is 1. The van der Waals surface area contributed by atoms with Crippen molar-refractivity contribution in [3.05, 3.63) is 94.0 Å². The van der Waals surface area contributed by atoms with Gasteiger partial charge in [-0.2, -0.15) is 5.26 Å². The minimum absolute atomic E-state index is 0.0313. The highest BCUT2D eigenvalue weighted by Gasteiger charge is 2.25. The molecule has 1 fully saturated rings. The molecular weight excluding hydrogens is 569 g/mol. The molecule has 5 heterocycles. The minimum Gasteiger partial charge on any atom is -0.477 e. The Hall–Kier alpha value is -4.60. The van der Waals surface area contributed by atoms with E-state index in [2.05, 4.69) is 25.9 Å². The smallest absolute Gasteiger partial charge is 0.346 e. The Morgan fingerprint density at radius 1 is 1.19 bits per heavy atom. The van der Waals surface area contributed by atoms with Gasteiger partial charge in [-0.05, 0) is 57.1 Å². The number of imidazole rings is 2. The van der Waals surface area contributed by atoms with Gasteiger partial charge in [0.1, 0.15) is 28.0 Å². The standard InChI is InChI=1S/C31H30FN7O3S/c1-2-38-19-34-15-23(38)16-39-26-13-27(31(40)41)43-30(26)36-28(39)17-37-10-8-21(9-11-37)25-4-3-5-29(35-25)42-18-22-7-6-20(14-33)12-24(22)32/h3-7,12-13,15,19,21H,2,8-11,16-18H2,1H3,(H,40,41). The number of thiophene rings is 1. The van der Waals surface area contributed by atoms with Crippen LogP contribution in [-0.2, 0) is 26.2 Å². The fraction of sp³-hybridized carbons (Fsp3) is 0.323. The Kier molecular flexibility index (Phi) is 8.18. The monoisotopic (exact) mass is 599 g/mol. The number of halogens is 1. The summed E-state index contributed by atoms with van der Waals surface area (Å²) in [5.41, 5.74) is 3.47. The molecular formula is C31H30FN7O3S. The highest BCUT2D eigenvalue weighted by Crippen LogP contribution is 2.31. The molecule has 6 rings (SSSR count). The van der Waals surface area contributed by atoms with Crippen molar-refractivity contribution in [3.8, 4) is 11.9 Å². The molecule has 0 saturated carbocycles. The summed E-state index contributed by atoms with van der Waals surface area (Å²) in [7, 11) is 0. The highest BCUT2D eigenvalue weighted by molar-refractivity contribution is 7.20. The molecule has 10 nitrogen and oxygen atoms in total. The maximum Gasteiger partial charge on any atom is 0.346 e. The molecule has 0 radical (unpaired) electrons. The second kappa shape index (κ2) is 12.3. The predicted octanol–water partition coefficient (Wildman–Crippen LogP) is 5.43. The third-order valence-corrected chi connectivity index (χ3v) is 8.88. The van der Waals surface area contributed by atoms with E-state index in [9.17, 15) is 14.3 Å². The van der Waals surface area contributed by atoms with Crippen molar-refractivity contribution in [1.29, 1.82) is 5.26 Å². The largest absolute Gasteiger partial charge is 0.477 e. The third kappa shape index (κ3) is 6.14. The van der Waals surface area contributed by atoms with Gasteiger partial charge in [-0.1, -0.05) is 12.1 Å². The molecule has 12 heteroatoms. The average Bonchev–Trinajstić information content (AvgIpc) is 3.73. The fourth-order valence-electron chi connectivity index (χ4n) is 5.50. The molecule has 0 amide bonds. The van der Waals surface area contributed by atoms with Gasteiger partial charge in [0.05, 0.1) is 42.3 Å². The summed E-state index contributed by atoms with van der Waals surface area (Å²) in [6, 6.07) is 13.7. The number of likely N-dealkylation sites (tertiary alicyclic amines) is 1. The van der Waals surface area contributed by atoms with Crippen LogP contribution in [0.25, 0.3) is 10.3 Å². The van der Waals surface area contributed by atoms with Crippen molar-refractivity contribution in [3.63, 3.8) is 0 Å². The summed E-state index contributed by atoms with van der Waals surface area (Å²) in [6.45, 7) is 5.84. The van der Waals surface area contributed by atoms with E-state index >= 15 is 0 Å². The number of aromatic carboxylic acids is 1. The van der Waals surface area contributed by atoms with Crippen LogP contribution in [0.1, 0.15) is 63.7 Å². The average molecular weight is 600 g/mol. The predicted molar refractivity (Wildman–Crippen MR) is 159 cm³/mol. The van der Waals surface area contributed by atoms with Crippen LogP contribution >= 0.6 is 11.3 Å². The van der Waals surface area contributed by atoms with E-state index in [1.165, 1.54) is 17.4 Å². The zero-order valence-corrected chi connectivity index (χ0v) is 24.4. The van der Waals surface area contributed by atoms with Gasteiger partial charge in [-0.15, -0.1) is 11.3 Å². The number of hydrogen-bond acceptors (Lipinski definition) is 8. The Balaban J connectivity index is 1.12. The lowest BCUT2D eigenvalue weighted by Gasteiger charge is -2.31. The number of aromatic nitrogens is 5. The number of piperidine rings is 1. The van der Waals surface area contributed by atoms with E-state index in [0.29, 0.717) is 24.5 Å². The first-order valence-electron chi connectivity index (χ1n) is 14.1. The fourth-order valence-corrected chi connectivity index (χ4v) is 6.39. The van der Waals surface area contributed by atoms with Crippen molar-refractivity contribution >= 4 is 27.7 Å². The van der Waals surface area contributed by atoms with Crippen LogP contribution in [0.2, 0.25) is 0 Å². The van der Waals surface area contributed by atoms with Crippen LogP contribution in [0.4, 0.5) is 4.39 Å². The number of aryl methyl sites for hydroxylation is 1. The number of nitriles is 1. The molecule has 1 aliphatic heterocycles. The number of nitrogens with zero attached hydrogens (tertiary/aromatic N) is 7. The first-order chi connectivity index (χ1) is 20.9. The van der Waals surface area contributed by atoms with Crippen LogP contribution in [0, 0.1) is 17.1 Å². The summed E-state index contributed by atoms with van der Waals surface area (Å²) >= 11 is 1.20. The molecule has 0 spiro atoms. The number of benzene rings is 1. The lowest BCUT2D eigenvalue weighted by molar-refractivity contribution is 0.0702. The Morgan fingerprint density at radius 2 is 2.02 bits per heavy atom. The third-order valence-electron chi connectivity index (χ3n) is 7.87. The molecule has 0 atom stereocenters. The van der Waals surface area contributed by atoms with Gasteiger partial charge < -0.3 is 19.0 Å². The van der Waals surface area contributed by atoms with Gasteiger partial charge in [0.2, 0.25) is 5.88 Å². The lowest BCUT2D eigenvalue weighted by Crippen LogP contribution is -2.33. The van der Waals surface area contributed by atoms with Crippen molar-refractivity contribution in [1.82, 2.24) is 29.0 Å². The van der Waals surface area contributed by atoms with E-state index in [0.717, 1.165) is 60.0 Å². The van der Waals surface area contributed by atoms with Crippen molar-refractivity contribution in [2.24, 2.45) is 0 Å². The molecule has 220 valence electrons. The number of carbonyl (C=O) groups is 1. The second-order valence-electron chi connectivity index (χ2n) is 10.5. The van der Waals surface area contributed by atoms with Gasteiger partial charge in [0, 0.05) is 36.0 Å². The molecule has 0 aliphatic carbocycles. The topological polar surface area (TPSA) is 122 Å². The number of carboxylic acid groups (broad SMARTS) is 1. The summed E-state index contributed by atoms with van der Waals surface area (Å²) in [5, 5.41) is 18.5. The second-order valence-corrected chi connectivity index (χ2v) is 11.6. The van der Waals surface area contributed by atoms with E-state index in [1.54, 1.807) is 24.3 Å². The number of carboxylic acids is 1. The van der Waals surface area contributed by atoms with E-state index in [4.69, 9.17) is 20.0 Å². The first kappa shape index (κ1) is 28.5. The zero-order chi connectivity index (χ0) is 29.9. The molecule has 1 saturated heterocycles. The normalized spacial score (nSPS) is 14.3. The van der Waals surface area contributed by atoms with Gasteiger partial charge in [0.15, 0.2) is 0 Å². The number of ether oxygens (including phenoxy) is 1. The van der Waals surface area contributed by atoms with Crippen LogP contribution in [-0.4, -0.2) is 53.2 Å². The molecule has 1 aliphatic rings. The molecule has 5 aromatic rings. The highest BCUT2D eigenvalue weighted by atomic mass is 32.1. The van der Waals surface area contributed by atoms with E-state index in [-0.39, 0.29) is 23.0 Å². The Morgan fingerprint density at radius 3 is 2.77 bits per heavy atom.